The maximum atomic E-state index is 12.3. The van der Waals surface area contributed by atoms with Gasteiger partial charge in [-0.25, -0.2) is 4.68 Å². The lowest BCUT2D eigenvalue weighted by atomic mass is 9.94. The summed E-state index contributed by atoms with van der Waals surface area (Å²) in [5.41, 5.74) is 1.08. The Hall–Kier alpha value is -2.89. The van der Waals surface area contributed by atoms with Crippen LogP contribution in [-0.2, 0) is 11.3 Å². The summed E-state index contributed by atoms with van der Waals surface area (Å²) in [6.07, 6.45) is 6.91. The van der Waals surface area contributed by atoms with Crippen LogP contribution in [0.15, 0.2) is 53.3 Å². The molecule has 1 amide bonds. The molecule has 1 heterocycles. The molecule has 1 aromatic carbocycles. The Morgan fingerprint density at radius 2 is 2.07 bits per heavy atom. The zero-order valence-electron chi connectivity index (χ0n) is 15.3. The van der Waals surface area contributed by atoms with Crippen molar-refractivity contribution >= 4 is 5.91 Å². The maximum absolute atomic E-state index is 12.3. The summed E-state index contributed by atoms with van der Waals surface area (Å²) in [6.45, 7) is 0.573. The van der Waals surface area contributed by atoms with E-state index in [4.69, 9.17) is 4.74 Å². The number of para-hydroxylation sites is 1. The van der Waals surface area contributed by atoms with Gasteiger partial charge < -0.3 is 10.1 Å². The first-order valence-corrected chi connectivity index (χ1v) is 9.30. The highest BCUT2D eigenvalue weighted by molar-refractivity contribution is 5.75. The second kappa shape index (κ2) is 7.39. The highest BCUT2D eigenvalue weighted by Gasteiger charge is 2.35. The van der Waals surface area contributed by atoms with Crippen molar-refractivity contribution in [2.75, 3.05) is 13.7 Å². The van der Waals surface area contributed by atoms with Gasteiger partial charge in [0.15, 0.2) is 0 Å². The van der Waals surface area contributed by atoms with Crippen LogP contribution in [0.2, 0.25) is 0 Å². The normalized spacial score (nSPS) is 22.8. The van der Waals surface area contributed by atoms with Gasteiger partial charge in [0.2, 0.25) is 5.91 Å². The van der Waals surface area contributed by atoms with E-state index in [0.29, 0.717) is 35.7 Å². The smallest absolute Gasteiger partial charge is 0.267 e. The molecule has 0 unspecified atom stereocenters. The summed E-state index contributed by atoms with van der Waals surface area (Å²) in [5, 5.41) is 7.33. The van der Waals surface area contributed by atoms with Crippen molar-refractivity contribution in [3.63, 3.8) is 0 Å². The quantitative estimate of drug-likeness (QED) is 0.797. The SMILES string of the molecule is COc1ccccc1-c1ccc(=O)n(CC(=O)NC[C@H]2C[C@@H]3C=C[C@@H]2C3)n1. The minimum atomic E-state index is -0.299. The molecule has 0 saturated heterocycles. The van der Waals surface area contributed by atoms with Crippen molar-refractivity contribution < 1.29 is 9.53 Å². The molecular weight excluding hydrogens is 342 g/mol. The molecule has 2 aliphatic rings. The third-order valence-electron chi connectivity index (χ3n) is 5.52. The van der Waals surface area contributed by atoms with Crippen molar-refractivity contribution in [3.8, 4) is 17.0 Å². The number of aromatic nitrogens is 2. The van der Waals surface area contributed by atoms with E-state index in [1.807, 2.05) is 24.3 Å². The van der Waals surface area contributed by atoms with Gasteiger partial charge in [0.25, 0.3) is 5.56 Å². The van der Waals surface area contributed by atoms with Gasteiger partial charge >= 0.3 is 0 Å². The van der Waals surface area contributed by atoms with Crippen molar-refractivity contribution in [2.24, 2.45) is 17.8 Å². The molecule has 27 heavy (non-hydrogen) atoms. The highest BCUT2D eigenvalue weighted by Crippen LogP contribution is 2.42. The van der Waals surface area contributed by atoms with Crippen molar-refractivity contribution in [3.05, 3.63) is 58.9 Å². The number of carbonyl (C=O) groups excluding carboxylic acids is 1. The molecule has 2 bridgehead atoms. The van der Waals surface area contributed by atoms with E-state index in [-0.39, 0.29) is 18.0 Å². The molecule has 2 aromatic rings. The molecule has 0 radical (unpaired) electrons. The zero-order valence-corrected chi connectivity index (χ0v) is 15.3. The summed E-state index contributed by atoms with van der Waals surface area (Å²) >= 11 is 0. The third-order valence-corrected chi connectivity index (χ3v) is 5.52. The molecule has 2 aliphatic carbocycles. The second-order valence-electron chi connectivity index (χ2n) is 7.26. The Kier molecular flexibility index (Phi) is 4.79. The lowest BCUT2D eigenvalue weighted by Gasteiger charge is -2.18. The van der Waals surface area contributed by atoms with Crippen LogP contribution in [0, 0.1) is 17.8 Å². The summed E-state index contributed by atoms with van der Waals surface area (Å²) in [4.78, 5) is 24.5. The van der Waals surface area contributed by atoms with E-state index in [0.717, 1.165) is 12.0 Å². The van der Waals surface area contributed by atoms with Crippen LogP contribution in [-0.4, -0.2) is 29.3 Å². The number of hydrogen-bond donors (Lipinski definition) is 1. The first kappa shape index (κ1) is 17.5. The van der Waals surface area contributed by atoms with Crippen LogP contribution < -0.4 is 15.6 Å². The van der Waals surface area contributed by atoms with E-state index < -0.39 is 0 Å². The van der Waals surface area contributed by atoms with E-state index in [2.05, 4.69) is 22.6 Å². The Morgan fingerprint density at radius 3 is 2.81 bits per heavy atom. The summed E-state index contributed by atoms with van der Waals surface area (Å²) in [6, 6.07) is 10.5. The molecule has 0 aliphatic heterocycles. The van der Waals surface area contributed by atoms with Gasteiger partial charge in [-0.05, 0) is 48.8 Å². The molecule has 1 N–H and O–H groups in total. The highest BCUT2D eigenvalue weighted by atomic mass is 16.5. The largest absolute Gasteiger partial charge is 0.496 e. The summed E-state index contributed by atoms with van der Waals surface area (Å²) in [7, 11) is 1.59. The van der Waals surface area contributed by atoms with Gasteiger partial charge in [0.05, 0.1) is 12.8 Å². The average Bonchev–Trinajstić information content (AvgIpc) is 3.31. The second-order valence-corrected chi connectivity index (χ2v) is 7.26. The minimum absolute atomic E-state index is 0.0848. The Morgan fingerprint density at radius 1 is 1.22 bits per heavy atom. The number of benzene rings is 1. The molecule has 1 fully saturated rings. The molecule has 1 saturated carbocycles. The lowest BCUT2D eigenvalue weighted by molar-refractivity contribution is -0.122. The number of amides is 1. The fourth-order valence-corrected chi connectivity index (χ4v) is 4.13. The number of carbonyl (C=O) groups is 1. The van der Waals surface area contributed by atoms with Gasteiger partial charge in [0, 0.05) is 18.2 Å². The molecule has 6 heteroatoms. The lowest BCUT2D eigenvalue weighted by Crippen LogP contribution is -2.36. The fraction of sp³-hybridized carbons (Fsp3) is 0.381. The number of hydrogen-bond acceptors (Lipinski definition) is 4. The van der Waals surface area contributed by atoms with Gasteiger partial charge in [-0.1, -0.05) is 24.3 Å². The average molecular weight is 365 g/mol. The fourth-order valence-electron chi connectivity index (χ4n) is 4.13. The van der Waals surface area contributed by atoms with Crippen LogP contribution in [0.25, 0.3) is 11.3 Å². The predicted octanol–water partition coefficient (Wildman–Crippen LogP) is 2.25. The number of allylic oxidation sites excluding steroid dienone is 2. The molecule has 3 atom stereocenters. The molecule has 6 nitrogen and oxygen atoms in total. The molecule has 140 valence electrons. The van der Waals surface area contributed by atoms with Crippen LogP contribution >= 0.6 is 0 Å². The number of methoxy groups -OCH3 is 1. The number of nitrogens with one attached hydrogen (secondary N) is 1. The van der Waals surface area contributed by atoms with Crippen LogP contribution in [0.4, 0.5) is 0 Å². The monoisotopic (exact) mass is 365 g/mol. The number of fused-ring (bicyclic) bond motifs is 2. The first-order chi connectivity index (χ1) is 13.1. The van der Waals surface area contributed by atoms with Crippen molar-refractivity contribution in [1.82, 2.24) is 15.1 Å². The maximum Gasteiger partial charge on any atom is 0.267 e. The topological polar surface area (TPSA) is 73.2 Å². The number of ether oxygens (including phenoxy) is 1. The van der Waals surface area contributed by atoms with E-state index in [1.54, 1.807) is 13.2 Å². The van der Waals surface area contributed by atoms with Crippen molar-refractivity contribution in [1.29, 1.82) is 0 Å². The van der Waals surface area contributed by atoms with Crippen LogP contribution in [0.1, 0.15) is 12.8 Å². The van der Waals surface area contributed by atoms with Crippen LogP contribution in [0.5, 0.6) is 5.75 Å². The minimum Gasteiger partial charge on any atom is -0.496 e. The molecular formula is C21H23N3O3. The standard InChI is InChI=1S/C21H23N3O3/c1-27-19-5-3-2-4-17(19)18-8-9-21(26)24(23-18)13-20(25)22-12-16-11-14-6-7-15(16)10-14/h2-9,14-16H,10-13H2,1H3,(H,22,25)/t14-,15-,16-/m1/s1. The molecule has 1 aromatic heterocycles. The van der Waals surface area contributed by atoms with Crippen LogP contribution in [0.3, 0.4) is 0 Å². The van der Waals surface area contributed by atoms with E-state index >= 15 is 0 Å². The van der Waals surface area contributed by atoms with E-state index in [9.17, 15) is 9.59 Å². The van der Waals surface area contributed by atoms with Gasteiger partial charge in [0.1, 0.15) is 12.3 Å². The van der Waals surface area contributed by atoms with Crippen molar-refractivity contribution in [2.45, 2.75) is 19.4 Å². The van der Waals surface area contributed by atoms with Gasteiger partial charge in [-0.2, -0.15) is 5.10 Å². The summed E-state index contributed by atoms with van der Waals surface area (Å²) < 4.78 is 6.56. The predicted molar refractivity (Wildman–Crippen MR) is 102 cm³/mol. The summed E-state index contributed by atoms with van der Waals surface area (Å²) in [5.74, 6) is 2.26. The van der Waals surface area contributed by atoms with Gasteiger partial charge in [-0.3, -0.25) is 9.59 Å². The molecule has 4 rings (SSSR count). The third kappa shape index (κ3) is 3.65. The Balaban J connectivity index is 1.44. The molecule has 0 spiro atoms. The zero-order chi connectivity index (χ0) is 18.8. The van der Waals surface area contributed by atoms with E-state index in [1.165, 1.54) is 17.2 Å². The first-order valence-electron chi connectivity index (χ1n) is 9.30. The number of nitrogens with zero attached hydrogens (tertiary/aromatic N) is 2. The Labute approximate surface area is 157 Å². The Bertz CT molecular complexity index is 934. The number of rotatable bonds is 6. The van der Waals surface area contributed by atoms with Gasteiger partial charge in [-0.15, -0.1) is 0 Å².